The normalized spacial score (nSPS) is 30.2. The lowest BCUT2D eigenvalue weighted by molar-refractivity contribution is 0.687. The molecule has 0 N–H and O–H groups in total. The summed E-state index contributed by atoms with van der Waals surface area (Å²) in [5.41, 5.74) is 10.6. The summed E-state index contributed by atoms with van der Waals surface area (Å²) >= 11 is 0. The van der Waals surface area contributed by atoms with E-state index in [0.717, 1.165) is 5.25 Å². The van der Waals surface area contributed by atoms with E-state index in [0.29, 0.717) is 11.3 Å². The van der Waals surface area contributed by atoms with Crippen molar-refractivity contribution in [1.29, 1.82) is 0 Å². The quantitative estimate of drug-likeness (QED) is 0.480. The van der Waals surface area contributed by atoms with Gasteiger partial charge < -0.3 is 0 Å². The lowest BCUT2D eigenvalue weighted by Crippen LogP contribution is -2.05. The van der Waals surface area contributed by atoms with Gasteiger partial charge in [0.25, 0.3) is 0 Å². The number of hydrogen-bond acceptors (Lipinski definition) is 0. The molecule has 0 nitrogen and oxygen atoms in total. The zero-order chi connectivity index (χ0) is 19.6. The topological polar surface area (TPSA) is 0 Å². The zero-order valence-electron chi connectivity index (χ0n) is 17.6. The van der Waals surface area contributed by atoms with Crippen LogP contribution in [0.5, 0.6) is 0 Å². The van der Waals surface area contributed by atoms with Crippen LogP contribution in [0.25, 0.3) is 5.57 Å². The third-order valence-corrected chi connectivity index (χ3v) is 9.74. The second kappa shape index (κ2) is 6.46. The molecule has 0 heterocycles. The number of allylic oxidation sites excluding steroid dienone is 7. The minimum absolute atomic E-state index is 0.103. The summed E-state index contributed by atoms with van der Waals surface area (Å²) in [6.45, 7) is 11.7. The second-order valence-corrected chi connectivity index (χ2v) is 11.7. The van der Waals surface area contributed by atoms with Crippen LogP contribution in [0.15, 0.2) is 53.0 Å². The van der Waals surface area contributed by atoms with E-state index < -0.39 is 0 Å². The predicted molar refractivity (Wildman–Crippen MR) is 126 cm³/mol. The minimum atomic E-state index is 0.103. The van der Waals surface area contributed by atoms with Crippen LogP contribution in [0.2, 0.25) is 0 Å². The van der Waals surface area contributed by atoms with Crippen molar-refractivity contribution in [3.05, 3.63) is 75.2 Å². The molecule has 0 aromatic heterocycles. The van der Waals surface area contributed by atoms with Crippen LogP contribution in [-0.4, -0.2) is 11.1 Å². The summed E-state index contributed by atoms with van der Waals surface area (Å²) in [5.74, 6) is 5.25. The predicted octanol–water partition coefficient (Wildman–Crippen LogP) is 7.16. The van der Waals surface area contributed by atoms with Crippen molar-refractivity contribution in [3.8, 4) is 0 Å². The second-order valence-electron chi connectivity index (χ2n) is 9.54. The molecule has 3 unspecified atom stereocenters. The Hall–Kier alpha value is -1.60. The van der Waals surface area contributed by atoms with Gasteiger partial charge in [-0.15, -0.1) is 0 Å². The number of benzene rings is 1. The molecule has 28 heavy (non-hydrogen) atoms. The Bertz CT molecular complexity index is 995. The average molecular weight is 389 g/mol. The Balaban J connectivity index is 1.72. The molecule has 2 saturated carbocycles. The molecule has 1 aromatic rings. The van der Waals surface area contributed by atoms with E-state index in [9.17, 15) is 0 Å². The highest BCUT2D eigenvalue weighted by Gasteiger charge is 2.51. The molecule has 3 atom stereocenters. The maximum atomic E-state index is 4.65. The lowest BCUT2D eigenvalue weighted by atomic mass is 9.84. The van der Waals surface area contributed by atoms with Gasteiger partial charge in [0.2, 0.25) is 0 Å². The van der Waals surface area contributed by atoms with E-state index in [-0.39, 0.29) is 10.5 Å². The highest BCUT2D eigenvalue weighted by atomic mass is 32.2. The molecule has 0 saturated heterocycles. The molecule has 0 amide bonds. The van der Waals surface area contributed by atoms with E-state index >= 15 is 0 Å². The van der Waals surface area contributed by atoms with E-state index in [2.05, 4.69) is 63.6 Å². The molecule has 0 radical (unpaired) electrons. The van der Waals surface area contributed by atoms with E-state index in [1.54, 1.807) is 11.1 Å². The van der Waals surface area contributed by atoms with E-state index in [4.69, 9.17) is 0 Å². The van der Waals surface area contributed by atoms with Gasteiger partial charge in [0.1, 0.15) is 0 Å². The van der Waals surface area contributed by atoms with E-state index in [1.807, 2.05) is 0 Å². The molecule has 146 valence electrons. The smallest absolute Gasteiger partial charge is 0.00334 e. The average Bonchev–Trinajstić information content (AvgIpc) is 3.57. The van der Waals surface area contributed by atoms with Gasteiger partial charge in [0.05, 0.1) is 0 Å². The highest BCUT2D eigenvalue weighted by Crippen LogP contribution is 2.61. The molecule has 4 aliphatic carbocycles. The largest absolute Gasteiger partial charge is 0.163 e. The first-order valence-electron chi connectivity index (χ1n) is 10.8. The maximum Gasteiger partial charge on any atom is 0.00334 e. The van der Waals surface area contributed by atoms with Gasteiger partial charge in [-0.1, -0.05) is 49.7 Å². The molecular weight excluding hydrogens is 356 g/mol. The van der Waals surface area contributed by atoms with Crippen molar-refractivity contribution < 1.29 is 0 Å². The number of fused-ring (bicyclic) bond motifs is 2. The monoisotopic (exact) mass is 388 g/mol. The van der Waals surface area contributed by atoms with Crippen LogP contribution < -0.4 is 0 Å². The van der Waals surface area contributed by atoms with Gasteiger partial charge in [0.15, 0.2) is 0 Å². The third-order valence-electron chi connectivity index (χ3n) is 7.47. The molecule has 1 aromatic carbocycles. The van der Waals surface area contributed by atoms with Crippen molar-refractivity contribution in [2.45, 2.75) is 64.5 Å². The Kier molecular flexibility index (Phi) is 4.25. The van der Waals surface area contributed by atoms with Crippen molar-refractivity contribution in [2.24, 2.45) is 11.3 Å². The summed E-state index contributed by atoms with van der Waals surface area (Å²) in [6.07, 6.45) is 14.8. The van der Waals surface area contributed by atoms with Gasteiger partial charge in [-0.3, -0.25) is 0 Å². The maximum absolute atomic E-state index is 4.65. The Morgan fingerprint density at radius 2 is 2.00 bits per heavy atom. The van der Waals surface area contributed by atoms with Gasteiger partial charge >= 0.3 is 0 Å². The first kappa shape index (κ1) is 18.4. The van der Waals surface area contributed by atoms with Crippen molar-refractivity contribution >= 4 is 21.9 Å². The standard InChI is InChI=1S/C27H32S/c1-17-11-12-20-8-6-9-23(20)25(17)26(19(3)28(5)21-13-14-21)22-10-7-15-27(4)16-24(27)18(22)2/h7,10-12,15,21,24H,2,5-6,8-9,13-14,16H2,1,3-4H3/b26-19+. The van der Waals surface area contributed by atoms with Gasteiger partial charge in [0, 0.05) is 5.25 Å². The van der Waals surface area contributed by atoms with Crippen molar-refractivity contribution in [2.75, 3.05) is 0 Å². The van der Waals surface area contributed by atoms with Crippen LogP contribution in [-0.2, 0) is 12.8 Å². The first-order valence-corrected chi connectivity index (χ1v) is 12.3. The fourth-order valence-corrected chi connectivity index (χ4v) is 7.03. The van der Waals surface area contributed by atoms with Crippen LogP contribution in [0.3, 0.4) is 0 Å². The molecule has 0 aliphatic heterocycles. The molecular formula is C27H32S. The fourth-order valence-electron chi connectivity index (χ4n) is 5.35. The van der Waals surface area contributed by atoms with Gasteiger partial charge in [-0.05, 0) is 108 Å². The van der Waals surface area contributed by atoms with Crippen molar-refractivity contribution in [3.63, 3.8) is 0 Å². The van der Waals surface area contributed by atoms with E-state index in [1.165, 1.54) is 71.3 Å². The van der Waals surface area contributed by atoms with Crippen LogP contribution in [0, 0.1) is 18.3 Å². The Morgan fingerprint density at radius 1 is 1.21 bits per heavy atom. The number of hydrogen-bond donors (Lipinski definition) is 0. The third kappa shape index (κ3) is 2.86. The van der Waals surface area contributed by atoms with Gasteiger partial charge in [-0.25, -0.2) is 0 Å². The summed E-state index contributed by atoms with van der Waals surface area (Å²) in [4.78, 5) is 1.51. The minimum Gasteiger partial charge on any atom is -0.163 e. The van der Waals surface area contributed by atoms with Crippen LogP contribution in [0.1, 0.15) is 61.8 Å². The molecule has 2 fully saturated rings. The fraction of sp³-hybridized carbons (Fsp3) is 0.444. The summed E-state index contributed by atoms with van der Waals surface area (Å²) in [7, 11) is 0.103. The molecule has 5 rings (SSSR count). The molecule has 1 heteroatoms. The lowest BCUT2D eigenvalue weighted by Gasteiger charge is -2.24. The molecule has 0 bridgehead atoms. The highest BCUT2D eigenvalue weighted by molar-refractivity contribution is 8.18. The number of aryl methyl sites for hydroxylation is 2. The summed E-state index contributed by atoms with van der Waals surface area (Å²) in [5, 5.41) is 0.799. The van der Waals surface area contributed by atoms with Gasteiger partial charge in [-0.2, -0.15) is 10.5 Å². The Labute approximate surface area is 173 Å². The summed E-state index contributed by atoms with van der Waals surface area (Å²) < 4.78 is 0. The van der Waals surface area contributed by atoms with Crippen molar-refractivity contribution in [1.82, 2.24) is 0 Å². The summed E-state index contributed by atoms with van der Waals surface area (Å²) in [6, 6.07) is 4.72. The first-order chi connectivity index (χ1) is 13.4. The van der Waals surface area contributed by atoms with Crippen LogP contribution in [0.4, 0.5) is 0 Å². The zero-order valence-corrected chi connectivity index (χ0v) is 18.4. The number of rotatable bonds is 4. The molecule has 0 spiro atoms. The molecule has 4 aliphatic rings. The SMILES string of the molecule is C=C1C(/C(=C(/C)S(=C)C2CC2)c2c(C)ccc3c2CCC3)=CC=CC2(C)CC12. The Morgan fingerprint density at radius 3 is 2.75 bits per heavy atom. The van der Waals surface area contributed by atoms with Crippen LogP contribution >= 0.6 is 10.5 Å².